The highest BCUT2D eigenvalue weighted by atomic mass is 32.2. The number of aromatic hydroxyl groups is 1. The first-order valence-electron chi connectivity index (χ1n) is 6.48. The Kier molecular flexibility index (Phi) is 2.91. The molecule has 2 bridgehead atoms. The molecule has 2 atom stereocenters. The number of rotatable bonds is 2. The van der Waals surface area contributed by atoms with Gasteiger partial charge in [-0.2, -0.15) is 4.31 Å². The van der Waals surface area contributed by atoms with E-state index in [2.05, 4.69) is 6.08 Å². The Labute approximate surface area is 113 Å². The van der Waals surface area contributed by atoms with Gasteiger partial charge >= 0.3 is 0 Å². The fourth-order valence-corrected chi connectivity index (χ4v) is 4.81. The minimum absolute atomic E-state index is 0.0121. The second-order valence-electron chi connectivity index (χ2n) is 5.31. The maximum absolute atomic E-state index is 12.7. The van der Waals surface area contributed by atoms with Gasteiger partial charge in [-0.05, 0) is 37.3 Å². The molecule has 0 aromatic heterocycles. The van der Waals surface area contributed by atoms with Crippen molar-refractivity contribution in [2.24, 2.45) is 5.92 Å². The van der Waals surface area contributed by atoms with Gasteiger partial charge in [-0.15, -0.1) is 0 Å². The van der Waals surface area contributed by atoms with E-state index in [0.717, 1.165) is 12.8 Å². The predicted molar refractivity (Wildman–Crippen MR) is 72.4 cm³/mol. The molecule has 4 nitrogen and oxygen atoms in total. The average molecular weight is 279 g/mol. The lowest BCUT2D eigenvalue weighted by molar-refractivity contribution is 0.233. The third kappa shape index (κ3) is 2.07. The van der Waals surface area contributed by atoms with Crippen LogP contribution in [0.25, 0.3) is 0 Å². The summed E-state index contributed by atoms with van der Waals surface area (Å²) in [6.07, 6.45) is 6.06. The van der Waals surface area contributed by atoms with Gasteiger partial charge in [0.2, 0.25) is 10.0 Å². The van der Waals surface area contributed by atoms with Crippen molar-refractivity contribution in [3.8, 4) is 5.75 Å². The molecule has 1 aromatic rings. The van der Waals surface area contributed by atoms with Gasteiger partial charge in [-0.1, -0.05) is 18.2 Å². The molecule has 1 saturated heterocycles. The molecule has 4 rings (SSSR count). The van der Waals surface area contributed by atoms with E-state index in [1.54, 1.807) is 17.3 Å². The van der Waals surface area contributed by atoms with Crippen molar-refractivity contribution >= 4 is 10.0 Å². The maximum atomic E-state index is 12.7. The molecule has 0 spiro atoms. The summed E-state index contributed by atoms with van der Waals surface area (Å²) in [6, 6.07) is 4.46. The molecule has 102 valence electrons. The van der Waals surface area contributed by atoms with Crippen LogP contribution in [0.5, 0.6) is 5.75 Å². The van der Waals surface area contributed by atoms with Gasteiger partial charge in [0.25, 0.3) is 0 Å². The van der Waals surface area contributed by atoms with Gasteiger partial charge in [0.1, 0.15) is 5.75 Å². The lowest BCUT2D eigenvalue weighted by Gasteiger charge is -2.40. The number of sulfonamides is 1. The van der Waals surface area contributed by atoms with Crippen molar-refractivity contribution in [1.29, 1.82) is 0 Å². The predicted octanol–water partition coefficient (Wildman–Crippen LogP) is 2.04. The Balaban J connectivity index is 2.04. The van der Waals surface area contributed by atoms with Crippen LogP contribution in [0.3, 0.4) is 0 Å². The van der Waals surface area contributed by atoms with Gasteiger partial charge in [-0.3, -0.25) is 0 Å². The van der Waals surface area contributed by atoms with E-state index in [1.165, 1.54) is 12.1 Å². The van der Waals surface area contributed by atoms with E-state index in [1.807, 2.05) is 6.08 Å². The molecule has 2 aliphatic heterocycles. The summed E-state index contributed by atoms with van der Waals surface area (Å²) in [5, 5.41) is 9.53. The first-order chi connectivity index (χ1) is 8.98. The fraction of sp³-hybridized carbons (Fsp3) is 0.429. The van der Waals surface area contributed by atoms with Gasteiger partial charge < -0.3 is 5.11 Å². The SMILES string of the molecule is Cc1ccc(O)cc1S(=O)(=O)N1CC2C=CC1CC2. The molecule has 19 heavy (non-hydrogen) atoms. The second kappa shape index (κ2) is 4.35. The summed E-state index contributed by atoms with van der Waals surface area (Å²) in [5.74, 6) is 0.319. The Morgan fingerprint density at radius 2 is 2.05 bits per heavy atom. The Hall–Kier alpha value is -1.33. The standard InChI is InChI=1S/C14H17NO3S/c1-10-2-7-13(16)8-14(10)19(17,18)15-9-11-3-5-12(15)6-4-11/h2-3,5,7-8,11-12,16H,4,6,9H2,1H3. The van der Waals surface area contributed by atoms with E-state index >= 15 is 0 Å². The zero-order chi connectivity index (χ0) is 13.6. The molecule has 0 saturated carbocycles. The first-order valence-corrected chi connectivity index (χ1v) is 7.92. The lowest BCUT2D eigenvalue weighted by Crippen LogP contribution is -2.48. The highest BCUT2D eigenvalue weighted by Crippen LogP contribution is 2.35. The number of phenols is 1. The van der Waals surface area contributed by atoms with Crippen LogP contribution in [0.4, 0.5) is 0 Å². The molecule has 0 amide bonds. The summed E-state index contributed by atoms with van der Waals surface area (Å²) in [5.41, 5.74) is 0.670. The van der Waals surface area contributed by atoms with Crippen LogP contribution in [-0.2, 0) is 10.0 Å². The molecule has 1 aliphatic carbocycles. The number of hydrogen-bond donors (Lipinski definition) is 1. The van der Waals surface area contributed by atoms with Crippen LogP contribution < -0.4 is 0 Å². The van der Waals surface area contributed by atoms with Crippen LogP contribution in [0.15, 0.2) is 35.2 Å². The van der Waals surface area contributed by atoms with Crippen molar-refractivity contribution in [3.63, 3.8) is 0 Å². The summed E-state index contributed by atoms with van der Waals surface area (Å²) < 4.78 is 27.0. The zero-order valence-corrected chi connectivity index (χ0v) is 11.6. The number of aryl methyl sites for hydroxylation is 1. The first kappa shape index (κ1) is 12.7. The minimum atomic E-state index is -3.52. The number of fused-ring (bicyclic) bond motifs is 2. The monoisotopic (exact) mass is 279 g/mol. The van der Waals surface area contributed by atoms with Crippen molar-refractivity contribution in [2.75, 3.05) is 6.54 Å². The van der Waals surface area contributed by atoms with Crippen LogP contribution >= 0.6 is 0 Å². The van der Waals surface area contributed by atoms with E-state index in [9.17, 15) is 13.5 Å². The average Bonchev–Trinajstić information content (AvgIpc) is 2.42. The van der Waals surface area contributed by atoms with Gasteiger partial charge in [0, 0.05) is 18.7 Å². The summed E-state index contributed by atoms with van der Waals surface area (Å²) >= 11 is 0. The van der Waals surface area contributed by atoms with Crippen LogP contribution in [0.2, 0.25) is 0 Å². The zero-order valence-electron chi connectivity index (χ0n) is 10.8. The Morgan fingerprint density at radius 1 is 1.26 bits per heavy atom. The van der Waals surface area contributed by atoms with Gasteiger partial charge in [0.05, 0.1) is 4.90 Å². The van der Waals surface area contributed by atoms with Gasteiger partial charge in [0.15, 0.2) is 0 Å². The smallest absolute Gasteiger partial charge is 0.244 e. The molecule has 1 aromatic carbocycles. The highest BCUT2D eigenvalue weighted by molar-refractivity contribution is 7.89. The van der Waals surface area contributed by atoms with E-state index in [-0.39, 0.29) is 16.7 Å². The molecular weight excluding hydrogens is 262 g/mol. The van der Waals surface area contributed by atoms with Gasteiger partial charge in [-0.25, -0.2) is 8.42 Å². The number of piperidine rings is 1. The number of nitrogens with zero attached hydrogens (tertiary/aromatic N) is 1. The maximum Gasteiger partial charge on any atom is 0.244 e. The third-order valence-electron chi connectivity index (χ3n) is 3.98. The van der Waals surface area contributed by atoms with Crippen LogP contribution in [-0.4, -0.2) is 30.4 Å². The number of phenolic OH excluding ortho intramolecular Hbond substituents is 1. The third-order valence-corrected chi connectivity index (χ3v) is 6.01. The Morgan fingerprint density at radius 3 is 2.63 bits per heavy atom. The summed E-state index contributed by atoms with van der Waals surface area (Å²) in [6.45, 7) is 2.31. The largest absolute Gasteiger partial charge is 0.508 e. The molecule has 2 unspecified atom stereocenters. The number of benzene rings is 1. The normalized spacial score (nSPS) is 26.8. The van der Waals surface area contributed by atoms with E-state index < -0.39 is 10.0 Å². The van der Waals surface area contributed by atoms with Crippen LogP contribution in [0, 0.1) is 12.8 Å². The Bertz CT molecular complexity index is 636. The number of hydrogen-bond acceptors (Lipinski definition) is 3. The van der Waals surface area contributed by atoms with Crippen molar-refractivity contribution < 1.29 is 13.5 Å². The molecule has 1 fully saturated rings. The quantitative estimate of drug-likeness (QED) is 0.843. The second-order valence-corrected chi connectivity index (χ2v) is 7.17. The van der Waals surface area contributed by atoms with E-state index in [0.29, 0.717) is 18.0 Å². The molecule has 5 heteroatoms. The minimum Gasteiger partial charge on any atom is -0.508 e. The van der Waals surface area contributed by atoms with Crippen LogP contribution in [0.1, 0.15) is 18.4 Å². The molecule has 1 N–H and O–H groups in total. The molecule has 3 aliphatic rings. The molecule has 0 radical (unpaired) electrons. The van der Waals surface area contributed by atoms with Crippen molar-refractivity contribution in [1.82, 2.24) is 4.31 Å². The topological polar surface area (TPSA) is 57.6 Å². The summed E-state index contributed by atoms with van der Waals surface area (Å²) in [4.78, 5) is 0.216. The van der Waals surface area contributed by atoms with E-state index in [4.69, 9.17) is 0 Å². The molecule has 2 heterocycles. The summed E-state index contributed by atoms with van der Waals surface area (Å²) in [7, 11) is -3.52. The highest BCUT2D eigenvalue weighted by Gasteiger charge is 2.38. The van der Waals surface area contributed by atoms with Crippen molar-refractivity contribution in [2.45, 2.75) is 30.7 Å². The molecular formula is C14H17NO3S. The fourth-order valence-electron chi connectivity index (χ4n) is 2.89. The lowest BCUT2D eigenvalue weighted by atomic mass is 9.88. The van der Waals surface area contributed by atoms with Crippen molar-refractivity contribution in [3.05, 3.63) is 35.9 Å².